The number of nitrogens with one attached hydrogen (secondary N) is 1. The molecule has 7 heteroatoms. The third kappa shape index (κ3) is 3.38. The summed E-state index contributed by atoms with van der Waals surface area (Å²) >= 11 is 1.53. The van der Waals surface area contributed by atoms with Crippen LogP contribution in [-0.4, -0.2) is 36.3 Å². The maximum Gasteiger partial charge on any atom is 0.239 e. The lowest BCUT2D eigenvalue weighted by Crippen LogP contribution is -2.33. The van der Waals surface area contributed by atoms with Crippen LogP contribution in [0.15, 0.2) is 0 Å². The van der Waals surface area contributed by atoms with Crippen molar-refractivity contribution in [1.82, 2.24) is 4.90 Å². The molecule has 1 aromatic heterocycles. The molecule has 23 heavy (non-hydrogen) atoms. The van der Waals surface area contributed by atoms with Gasteiger partial charge in [-0.1, -0.05) is 0 Å². The number of anilines is 1. The number of nitrogens with zero attached hydrogens (tertiary/aromatic N) is 2. The molecule has 1 aliphatic carbocycles. The Morgan fingerprint density at radius 1 is 1.39 bits per heavy atom. The number of nitrogens with two attached hydrogens (primary N) is 1. The largest absolute Gasteiger partial charge is 0.369 e. The van der Waals surface area contributed by atoms with Crippen molar-refractivity contribution in [2.45, 2.75) is 32.1 Å². The van der Waals surface area contributed by atoms with E-state index in [0.717, 1.165) is 31.2 Å². The summed E-state index contributed by atoms with van der Waals surface area (Å²) in [7, 11) is 0. The zero-order valence-corrected chi connectivity index (χ0v) is 13.7. The molecule has 1 atom stereocenters. The van der Waals surface area contributed by atoms with Gasteiger partial charge in [-0.05, 0) is 44.2 Å². The molecule has 0 radical (unpaired) electrons. The van der Waals surface area contributed by atoms with E-state index in [1.165, 1.54) is 16.2 Å². The van der Waals surface area contributed by atoms with Crippen LogP contribution in [0.2, 0.25) is 0 Å². The van der Waals surface area contributed by atoms with E-state index in [9.17, 15) is 14.9 Å². The summed E-state index contributed by atoms with van der Waals surface area (Å²) in [6, 6.07) is 2.25. The highest BCUT2D eigenvalue weighted by Gasteiger charge is 2.28. The van der Waals surface area contributed by atoms with E-state index in [2.05, 4.69) is 11.4 Å². The number of carbonyl (C=O) groups is 2. The van der Waals surface area contributed by atoms with Crippen molar-refractivity contribution in [3.63, 3.8) is 0 Å². The van der Waals surface area contributed by atoms with E-state index in [0.29, 0.717) is 30.1 Å². The number of primary amides is 1. The second-order valence-corrected chi connectivity index (χ2v) is 7.30. The Labute approximate surface area is 139 Å². The molecule has 1 saturated heterocycles. The van der Waals surface area contributed by atoms with Gasteiger partial charge in [0.2, 0.25) is 11.8 Å². The van der Waals surface area contributed by atoms with Crippen LogP contribution in [0.25, 0.3) is 0 Å². The Hall–Kier alpha value is -1.91. The minimum atomic E-state index is -0.300. The molecule has 2 heterocycles. The van der Waals surface area contributed by atoms with Gasteiger partial charge in [0.25, 0.3) is 0 Å². The second-order valence-electron chi connectivity index (χ2n) is 6.20. The molecular formula is C16H20N4O2S. The molecule has 1 aliphatic heterocycles. The molecule has 3 N–H and O–H groups in total. The predicted octanol–water partition coefficient (Wildman–Crippen LogP) is 1.24. The van der Waals surface area contributed by atoms with E-state index in [4.69, 9.17) is 5.73 Å². The summed E-state index contributed by atoms with van der Waals surface area (Å²) in [5.74, 6) is -0.595. The molecule has 122 valence electrons. The van der Waals surface area contributed by atoms with E-state index < -0.39 is 0 Å². The molecule has 0 aromatic carbocycles. The number of nitriles is 1. The molecule has 1 aromatic rings. The van der Waals surface area contributed by atoms with Crippen LogP contribution in [0.3, 0.4) is 0 Å². The minimum Gasteiger partial charge on any atom is -0.369 e. The third-order valence-electron chi connectivity index (χ3n) is 4.58. The Kier molecular flexibility index (Phi) is 4.64. The fourth-order valence-electron chi connectivity index (χ4n) is 3.35. The standard InChI is InChI=1S/C16H20N4O2S/c17-7-12-11-3-1-2-4-13(11)23-16(12)19-14(21)9-20-6-5-10(8-20)15(18)22/h10H,1-6,8-9H2,(H2,18,22)(H,19,21)/t10-/m1/s1. The van der Waals surface area contributed by atoms with Crippen molar-refractivity contribution in [3.05, 3.63) is 16.0 Å². The number of hydrogen-bond acceptors (Lipinski definition) is 5. The van der Waals surface area contributed by atoms with Crippen LogP contribution >= 0.6 is 11.3 Å². The smallest absolute Gasteiger partial charge is 0.239 e. The van der Waals surface area contributed by atoms with Crippen molar-refractivity contribution in [2.24, 2.45) is 11.7 Å². The number of thiophene rings is 1. The first-order valence-corrected chi connectivity index (χ1v) is 8.76. The van der Waals surface area contributed by atoms with E-state index in [-0.39, 0.29) is 24.3 Å². The highest BCUT2D eigenvalue weighted by molar-refractivity contribution is 7.16. The zero-order chi connectivity index (χ0) is 16.4. The number of amides is 2. The van der Waals surface area contributed by atoms with Gasteiger partial charge in [0, 0.05) is 11.4 Å². The lowest BCUT2D eigenvalue weighted by molar-refractivity contribution is -0.122. The van der Waals surface area contributed by atoms with Gasteiger partial charge >= 0.3 is 0 Å². The quantitative estimate of drug-likeness (QED) is 0.866. The Morgan fingerprint density at radius 2 is 2.17 bits per heavy atom. The van der Waals surface area contributed by atoms with Crippen LogP contribution in [0.5, 0.6) is 0 Å². The number of aryl methyl sites for hydroxylation is 1. The van der Waals surface area contributed by atoms with Crippen molar-refractivity contribution >= 4 is 28.2 Å². The predicted molar refractivity (Wildman–Crippen MR) is 88.0 cm³/mol. The van der Waals surface area contributed by atoms with Crippen molar-refractivity contribution < 1.29 is 9.59 Å². The first-order valence-electron chi connectivity index (χ1n) is 7.94. The third-order valence-corrected chi connectivity index (χ3v) is 5.79. The van der Waals surface area contributed by atoms with E-state index >= 15 is 0 Å². The summed E-state index contributed by atoms with van der Waals surface area (Å²) in [4.78, 5) is 26.6. The molecule has 6 nitrogen and oxygen atoms in total. The van der Waals surface area contributed by atoms with E-state index in [1.807, 2.05) is 4.90 Å². The molecule has 2 aliphatic rings. The number of rotatable bonds is 4. The Balaban J connectivity index is 1.64. The summed E-state index contributed by atoms with van der Waals surface area (Å²) in [6.45, 7) is 1.47. The lowest BCUT2D eigenvalue weighted by atomic mass is 9.96. The van der Waals surface area contributed by atoms with Gasteiger partial charge < -0.3 is 11.1 Å². The molecule has 0 unspecified atom stereocenters. The van der Waals surface area contributed by atoms with Crippen LogP contribution in [0.4, 0.5) is 5.00 Å². The summed E-state index contributed by atoms with van der Waals surface area (Å²) in [6.07, 6.45) is 4.88. The van der Waals surface area contributed by atoms with Crippen molar-refractivity contribution in [1.29, 1.82) is 5.26 Å². The number of carbonyl (C=O) groups excluding carboxylic acids is 2. The molecule has 0 bridgehead atoms. The van der Waals surface area contributed by atoms with Crippen LogP contribution < -0.4 is 11.1 Å². The van der Waals surface area contributed by atoms with Crippen LogP contribution in [0, 0.1) is 17.2 Å². The number of hydrogen-bond donors (Lipinski definition) is 2. The van der Waals surface area contributed by atoms with Gasteiger partial charge in [-0.15, -0.1) is 11.3 Å². The SMILES string of the molecule is N#Cc1c(NC(=O)CN2CC[C@@H](C(N)=O)C2)sc2c1CCCC2. The van der Waals surface area contributed by atoms with Gasteiger partial charge in [0.15, 0.2) is 0 Å². The molecule has 3 rings (SSSR count). The van der Waals surface area contributed by atoms with Gasteiger partial charge in [-0.25, -0.2) is 0 Å². The zero-order valence-electron chi connectivity index (χ0n) is 12.9. The summed E-state index contributed by atoms with van der Waals surface area (Å²) < 4.78 is 0. The average molecular weight is 332 g/mol. The monoisotopic (exact) mass is 332 g/mol. The van der Waals surface area contributed by atoms with Crippen LogP contribution in [0.1, 0.15) is 35.3 Å². The maximum absolute atomic E-state index is 12.3. The van der Waals surface area contributed by atoms with Crippen molar-refractivity contribution in [2.75, 3.05) is 25.0 Å². The van der Waals surface area contributed by atoms with Crippen molar-refractivity contribution in [3.8, 4) is 6.07 Å². The topological polar surface area (TPSA) is 99.2 Å². The summed E-state index contributed by atoms with van der Waals surface area (Å²) in [5.41, 5.74) is 7.06. The fourth-order valence-corrected chi connectivity index (χ4v) is 4.61. The molecular weight excluding hydrogens is 312 g/mol. The molecule has 0 saturated carbocycles. The van der Waals surface area contributed by atoms with E-state index in [1.54, 1.807) is 0 Å². The minimum absolute atomic E-state index is 0.134. The number of fused-ring (bicyclic) bond motifs is 1. The molecule has 0 spiro atoms. The first-order chi connectivity index (χ1) is 11.1. The highest BCUT2D eigenvalue weighted by Crippen LogP contribution is 2.37. The average Bonchev–Trinajstić information content (AvgIpc) is 3.11. The normalized spacial score (nSPS) is 20.7. The van der Waals surface area contributed by atoms with Crippen LogP contribution in [-0.2, 0) is 22.4 Å². The van der Waals surface area contributed by atoms with Gasteiger partial charge in [0.1, 0.15) is 11.1 Å². The maximum atomic E-state index is 12.3. The van der Waals surface area contributed by atoms with Gasteiger partial charge in [0.05, 0.1) is 18.0 Å². The first kappa shape index (κ1) is 16.0. The fraction of sp³-hybridized carbons (Fsp3) is 0.562. The Bertz CT molecular complexity index is 676. The summed E-state index contributed by atoms with van der Waals surface area (Å²) in [5, 5.41) is 13.0. The van der Waals surface area contributed by atoms with Gasteiger partial charge in [-0.3, -0.25) is 14.5 Å². The molecule has 1 fully saturated rings. The second kappa shape index (κ2) is 6.69. The number of likely N-dealkylation sites (tertiary alicyclic amines) is 1. The van der Waals surface area contributed by atoms with Gasteiger partial charge in [-0.2, -0.15) is 5.26 Å². The molecule has 2 amide bonds. The lowest BCUT2D eigenvalue weighted by Gasteiger charge is -2.14. The Morgan fingerprint density at radius 3 is 2.87 bits per heavy atom. The highest BCUT2D eigenvalue weighted by atomic mass is 32.1.